The Morgan fingerprint density at radius 1 is 1.44 bits per heavy atom. The van der Waals surface area contributed by atoms with Crippen molar-refractivity contribution in [2.45, 2.75) is 19.3 Å². The molecule has 1 saturated heterocycles. The third kappa shape index (κ3) is 2.59. The van der Waals surface area contributed by atoms with Crippen LogP contribution in [0.3, 0.4) is 0 Å². The molecule has 1 N–H and O–H groups in total. The molecular formula is C13H15N3O2. The number of nitriles is 1. The fraction of sp³-hybridized carbons (Fsp3) is 0.462. The first kappa shape index (κ1) is 12.4. The van der Waals surface area contributed by atoms with Gasteiger partial charge in [-0.05, 0) is 37.0 Å². The van der Waals surface area contributed by atoms with Crippen LogP contribution in [0, 0.1) is 16.7 Å². The Balaban J connectivity index is 2.06. The second kappa shape index (κ2) is 5.05. The Labute approximate surface area is 106 Å². The van der Waals surface area contributed by atoms with E-state index >= 15 is 0 Å². The van der Waals surface area contributed by atoms with Crippen molar-refractivity contribution in [3.8, 4) is 6.07 Å². The number of aromatic nitrogens is 1. The molecule has 0 unspecified atom stereocenters. The quantitative estimate of drug-likeness (QED) is 0.863. The molecule has 0 aliphatic carbocycles. The van der Waals surface area contributed by atoms with Gasteiger partial charge in [-0.25, -0.2) is 4.79 Å². The lowest BCUT2D eigenvalue weighted by atomic mass is 9.75. The second-order valence-corrected chi connectivity index (χ2v) is 4.69. The fourth-order valence-electron chi connectivity index (χ4n) is 2.35. The highest BCUT2D eigenvalue weighted by atomic mass is 16.4. The molecule has 1 fully saturated rings. The summed E-state index contributed by atoms with van der Waals surface area (Å²) in [6, 6.07) is 6.20. The number of amides is 1. The lowest BCUT2D eigenvalue weighted by molar-refractivity contribution is 0.110. The van der Waals surface area contributed by atoms with Gasteiger partial charge in [-0.3, -0.25) is 4.98 Å². The highest BCUT2D eigenvalue weighted by molar-refractivity contribution is 5.65. The van der Waals surface area contributed by atoms with E-state index in [4.69, 9.17) is 5.11 Å². The van der Waals surface area contributed by atoms with E-state index in [-0.39, 0.29) is 0 Å². The molecule has 1 amide bonds. The van der Waals surface area contributed by atoms with Crippen molar-refractivity contribution >= 4 is 6.09 Å². The lowest BCUT2D eigenvalue weighted by Crippen LogP contribution is -2.42. The average Bonchev–Trinajstić information content (AvgIpc) is 2.40. The van der Waals surface area contributed by atoms with Gasteiger partial charge in [0.25, 0.3) is 0 Å². The van der Waals surface area contributed by atoms with E-state index in [0.717, 1.165) is 5.56 Å². The highest BCUT2D eigenvalue weighted by Crippen LogP contribution is 2.34. The third-order valence-corrected chi connectivity index (χ3v) is 3.52. The Morgan fingerprint density at radius 2 is 2.06 bits per heavy atom. The van der Waals surface area contributed by atoms with Gasteiger partial charge in [0.15, 0.2) is 0 Å². The zero-order valence-electron chi connectivity index (χ0n) is 10.0. The molecule has 1 aliphatic rings. The molecule has 2 heterocycles. The molecule has 94 valence electrons. The number of rotatable bonds is 2. The number of carboxylic acid groups (broad SMARTS) is 1. The maximum Gasteiger partial charge on any atom is 0.407 e. The maximum atomic E-state index is 10.8. The van der Waals surface area contributed by atoms with Crippen molar-refractivity contribution in [3.63, 3.8) is 0 Å². The van der Waals surface area contributed by atoms with Gasteiger partial charge in [-0.15, -0.1) is 0 Å². The largest absolute Gasteiger partial charge is 0.465 e. The van der Waals surface area contributed by atoms with Crippen LogP contribution in [0.5, 0.6) is 0 Å². The van der Waals surface area contributed by atoms with Gasteiger partial charge in [0.1, 0.15) is 0 Å². The van der Waals surface area contributed by atoms with Gasteiger partial charge < -0.3 is 10.0 Å². The fourth-order valence-corrected chi connectivity index (χ4v) is 2.35. The zero-order chi connectivity index (χ0) is 13.0. The van der Waals surface area contributed by atoms with Crippen molar-refractivity contribution in [1.29, 1.82) is 5.26 Å². The van der Waals surface area contributed by atoms with Gasteiger partial charge in [-0.2, -0.15) is 5.26 Å². The highest BCUT2D eigenvalue weighted by Gasteiger charge is 2.36. The van der Waals surface area contributed by atoms with Gasteiger partial charge in [0, 0.05) is 25.5 Å². The minimum Gasteiger partial charge on any atom is -0.465 e. The summed E-state index contributed by atoms with van der Waals surface area (Å²) in [6.45, 7) is 0.877. The first-order valence-corrected chi connectivity index (χ1v) is 5.93. The molecule has 1 aliphatic heterocycles. The van der Waals surface area contributed by atoms with Crippen LogP contribution >= 0.6 is 0 Å². The molecule has 1 aromatic rings. The minimum atomic E-state index is -0.898. The Kier molecular flexibility index (Phi) is 3.47. The second-order valence-electron chi connectivity index (χ2n) is 4.69. The lowest BCUT2D eigenvalue weighted by Gasteiger charge is -2.36. The Hall–Kier alpha value is -2.09. The number of pyridine rings is 1. The van der Waals surface area contributed by atoms with Crippen molar-refractivity contribution in [2.24, 2.45) is 5.41 Å². The molecule has 0 saturated carbocycles. The molecule has 2 rings (SSSR count). The summed E-state index contributed by atoms with van der Waals surface area (Å²) in [5.74, 6) is 0. The van der Waals surface area contributed by atoms with Gasteiger partial charge >= 0.3 is 6.09 Å². The van der Waals surface area contributed by atoms with E-state index in [1.165, 1.54) is 4.90 Å². The van der Waals surface area contributed by atoms with Crippen LogP contribution in [0.25, 0.3) is 0 Å². The molecule has 5 nitrogen and oxygen atoms in total. The first-order valence-electron chi connectivity index (χ1n) is 5.93. The van der Waals surface area contributed by atoms with Crippen LogP contribution in [0.1, 0.15) is 18.4 Å². The summed E-state index contributed by atoms with van der Waals surface area (Å²) in [5, 5.41) is 18.3. The van der Waals surface area contributed by atoms with Crippen molar-refractivity contribution in [2.75, 3.05) is 13.1 Å². The molecule has 0 atom stereocenters. The summed E-state index contributed by atoms with van der Waals surface area (Å²) >= 11 is 0. The summed E-state index contributed by atoms with van der Waals surface area (Å²) in [6.07, 6.45) is 4.39. The van der Waals surface area contributed by atoms with E-state index in [2.05, 4.69) is 11.1 Å². The maximum absolute atomic E-state index is 10.8. The average molecular weight is 245 g/mol. The van der Waals surface area contributed by atoms with Crippen LogP contribution in [-0.2, 0) is 6.42 Å². The van der Waals surface area contributed by atoms with Crippen molar-refractivity contribution in [3.05, 3.63) is 30.1 Å². The molecule has 18 heavy (non-hydrogen) atoms. The minimum absolute atomic E-state index is 0.437. The molecule has 0 aromatic carbocycles. The van der Waals surface area contributed by atoms with Crippen LogP contribution in [0.4, 0.5) is 4.79 Å². The molecule has 0 spiro atoms. The van der Waals surface area contributed by atoms with E-state index in [0.29, 0.717) is 32.4 Å². The zero-order valence-corrected chi connectivity index (χ0v) is 10.0. The van der Waals surface area contributed by atoms with Crippen molar-refractivity contribution in [1.82, 2.24) is 9.88 Å². The molecular weight excluding hydrogens is 230 g/mol. The van der Waals surface area contributed by atoms with Crippen molar-refractivity contribution < 1.29 is 9.90 Å². The number of carbonyl (C=O) groups is 1. The standard InChI is InChI=1S/C13H15N3O2/c14-10-13(9-11-1-5-15-6-2-11)3-7-16(8-4-13)12(17)18/h1-2,5-6H,3-4,7-9H2,(H,17,18). The summed E-state index contributed by atoms with van der Waals surface area (Å²) in [4.78, 5) is 16.2. The van der Waals surface area contributed by atoms with E-state index in [9.17, 15) is 10.1 Å². The number of piperidine rings is 1. The molecule has 5 heteroatoms. The smallest absolute Gasteiger partial charge is 0.407 e. The first-order chi connectivity index (χ1) is 8.65. The van der Waals surface area contributed by atoms with E-state index in [1.54, 1.807) is 12.4 Å². The number of hydrogen-bond donors (Lipinski definition) is 1. The summed E-state index contributed by atoms with van der Waals surface area (Å²) < 4.78 is 0. The van der Waals surface area contributed by atoms with Crippen LogP contribution in [0.15, 0.2) is 24.5 Å². The summed E-state index contributed by atoms with van der Waals surface area (Å²) in [7, 11) is 0. The third-order valence-electron chi connectivity index (χ3n) is 3.52. The van der Waals surface area contributed by atoms with Gasteiger partial charge in [0.2, 0.25) is 0 Å². The Morgan fingerprint density at radius 3 is 2.56 bits per heavy atom. The predicted molar refractivity (Wildman–Crippen MR) is 64.8 cm³/mol. The molecule has 0 radical (unpaired) electrons. The molecule has 0 bridgehead atoms. The monoisotopic (exact) mass is 245 g/mol. The van der Waals surface area contributed by atoms with Gasteiger partial charge in [0.05, 0.1) is 11.5 Å². The van der Waals surface area contributed by atoms with E-state index in [1.807, 2.05) is 12.1 Å². The normalized spacial score (nSPS) is 18.1. The van der Waals surface area contributed by atoms with Crippen LogP contribution in [0.2, 0.25) is 0 Å². The van der Waals surface area contributed by atoms with Crippen LogP contribution in [-0.4, -0.2) is 34.2 Å². The number of likely N-dealkylation sites (tertiary alicyclic amines) is 1. The summed E-state index contributed by atoms with van der Waals surface area (Å²) in [5.41, 5.74) is 0.642. The van der Waals surface area contributed by atoms with Crippen LogP contribution < -0.4 is 0 Å². The topological polar surface area (TPSA) is 77.2 Å². The SMILES string of the molecule is N#CC1(Cc2ccncc2)CCN(C(=O)O)CC1. The van der Waals surface area contributed by atoms with E-state index < -0.39 is 11.5 Å². The predicted octanol–water partition coefficient (Wildman–Crippen LogP) is 1.91. The number of hydrogen-bond acceptors (Lipinski definition) is 3. The molecule has 1 aromatic heterocycles. The Bertz CT molecular complexity index is 459. The number of nitrogens with zero attached hydrogens (tertiary/aromatic N) is 3. The van der Waals surface area contributed by atoms with Gasteiger partial charge in [-0.1, -0.05) is 0 Å².